The minimum atomic E-state index is -1.69. The zero-order valence-corrected chi connectivity index (χ0v) is 37.1. The van der Waals surface area contributed by atoms with Crippen molar-refractivity contribution in [2.24, 2.45) is 5.92 Å². The van der Waals surface area contributed by atoms with Gasteiger partial charge in [-0.1, -0.05) is 112 Å². The molecule has 0 amide bonds. The van der Waals surface area contributed by atoms with Crippen molar-refractivity contribution < 1.29 is 13.6 Å². The van der Waals surface area contributed by atoms with Crippen LogP contribution in [-0.4, -0.2) is 13.1 Å². The van der Waals surface area contributed by atoms with Crippen LogP contribution >= 0.6 is 0 Å². The van der Waals surface area contributed by atoms with Gasteiger partial charge in [0.25, 0.3) is 0 Å². The van der Waals surface area contributed by atoms with Crippen LogP contribution < -0.4 is 14.3 Å². The highest BCUT2D eigenvalue weighted by molar-refractivity contribution is 6.89. The van der Waals surface area contributed by atoms with E-state index in [0.29, 0.717) is 17.5 Å². The van der Waals surface area contributed by atoms with Gasteiger partial charge in [-0.3, -0.25) is 0 Å². The van der Waals surface area contributed by atoms with Crippen LogP contribution in [0.1, 0.15) is 66.5 Å². The van der Waals surface area contributed by atoms with Crippen molar-refractivity contribution in [3.05, 3.63) is 162 Å². The summed E-state index contributed by atoms with van der Waals surface area (Å²) in [5.41, 5.74) is 18.7. The monoisotopic (exact) mass is 801 g/mol. The molecule has 60 heavy (non-hydrogen) atoms. The molecule has 2 atom stereocenters. The average molecular weight is 802 g/mol. The number of fused-ring (bicyclic) bond motifs is 13. The lowest BCUT2D eigenvalue weighted by Crippen LogP contribution is -2.54. The van der Waals surface area contributed by atoms with Crippen molar-refractivity contribution >= 4 is 41.0 Å². The smallest absolute Gasteiger partial charge is 0.227 e. The summed E-state index contributed by atoms with van der Waals surface area (Å²) in [6, 6.07) is 42.8. The molecule has 6 heterocycles. The molecule has 4 nitrogen and oxygen atoms in total. The van der Waals surface area contributed by atoms with E-state index in [0.717, 1.165) is 64.7 Å². The topological polar surface area (TPSA) is 33.8 Å². The molecule has 4 aromatic carbocycles. The molecule has 298 valence electrons. The van der Waals surface area contributed by atoms with Crippen LogP contribution in [0, 0.1) is 19.8 Å². The molecule has 0 bridgehead atoms. The van der Waals surface area contributed by atoms with E-state index in [9.17, 15) is 0 Å². The Balaban J connectivity index is 1.20. The second-order valence-electron chi connectivity index (χ2n) is 18.9. The number of nitrogens with zero attached hydrogens (tertiary/aromatic N) is 3. The van der Waals surface area contributed by atoms with Crippen molar-refractivity contribution in [1.29, 1.82) is 0 Å². The lowest BCUT2D eigenvalue weighted by molar-refractivity contribution is -0.719. The third-order valence-electron chi connectivity index (χ3n) is 13.3. The number of benzene rings is 4. The second-order valence-corrected chi connectivity index (χ2v) is 23.9. The molecule has 0 fully saturated rings. The minimum absolute atomic E-state index is 0.212. The van der Waals surface area contributed by atoms with Gasteiger partial charge >= 0.3 is 0 Å². The van der Waals surface area contributed by atoms with Gasteiger partial charge in [0.05, 0.1) is 25.8 Å². The highest BCUT2D eigenvalue weighted by Gasteiger charge is 2.44. The van der Waals surface area contributed by atoms with E-state index >= 15 is 0 Å². The first-order valence-corrected chi connectivity index (χ1v) is 25.3. The Hall–Kier alpha value is -5.91. The van der Waals surface area contributed by atoms with Crippen molar-refractivity contribution in [3.8, 4) is 44.9 Å². The number of furan rings is 1. The number of hydrogen-bond acceptors (Lipinski definition) is 2. The summed E-state index contributed by atoms with van der Waals surface area (Å²) >= 11 is 0. The van der Waals surface area contributed by atoms with Crippen LogP contribution in [0.5, 0.6) is 0 Å². The van der Waals surface area contributed by atoms with Gasteiger partial charge in [0.1, 0.15) is 0 Å². The molecule has 4 aromatic heterocycles. The van der Waals surface area contributed by atoms with E-state index in [1.165, 1.54) is 55.8 Å². The third kappa shape index (κ3) is 6.46. The summed E-state index contributed by atoms with van der Waals surface area (Å²) in [7, 11) is -1.69. The van der Waals surface area contributed by atoms with Crippen molar-refractivity contribution in [1.82, 2.24) is 4.98 Å². The number of aromatic nitrogens is 3. The maximum absolute atomic E-state index is 7.04. The van der Waals surface area contributed by atoms with Gasteiger partial charge < -0.3 is 4.42 Å². The molecule has 0 saturated carbocycles. The molecule has 0 aliphatic carbocycles. The molecular formula is C55H55N3OSi+2. The van der Waals surface area contributed by atoms with Gasteiger partial charge in [0.2, 0.25) is 17.1 Å². The van der Waals surface area contributed by atoms with Crippen LogP contribution in [0.2, 0.25) is 19.6 Å². The predicted molar refractivity (Wildman–Crippen MR) is 251 cm³/mol. The van der Waals surface area contributed by atoms with Gasteiger partial charge in [0, 0.05) is 51.2 Å². The predicted octanol–water partition coefficient (Wildman–Crippen LogP) is 12.7. The van der Waals surface area contributed by atoms with Crippen LogP contribution in [-0.2, 0) is 12.8 Å². The maximum Gasteiger partial charge on any atom is 0.227 e. The van der Waals surface area contributed by atoms with Crippen molar-refractivity contribution in [3.63, 3.8) is 0 Å². The fourth-order valence-corrected chi connectivity index (χ4v) is 12.1. The summed E-state index contributed by atoms with van der Waals surface area (Å²) in [6.07, 6.45) is 8.66. The van der Waals surface area contributed by atoms with Gasteiger partial charge in [-0.05, 0) is 103 Å². The molecular weight excluding hydrogens is 747 g/mol. The molecule has 2 aliphatic heterocycles. The largest absolute Gasteiger partial charge is 0.437 e. The lowest BCUT2D eigenvalue weighted by atomic mass is 9.77. The summed E-state index contributed by atoms with van der Waals surface area (Å²) in [5.74, 6) is 0.887. The fourth-order valence-electron chi connectivity index (χ4n) is 10.5. The van der Waals surface area contributed by atoms with E-state index in [-0.39, 0.29) is 6.04 Å². The minimum Gasteiger partial charge on any atom is -0.437 e. The zero-order valence-electron chi connectivity index (χ0n) is 36.1. The normalized spacial score (nSPS) is 16.3. The van der Waals surface area contributed by atoms with Crippen molar-refractivity contribution in [2.45, 2.75) is 85.0 Å². The SMILES string of the molecule is C=C1CC2C(CCc3ccc4c(oc5nc(-c6c(C)cccc6C)ccc54)c3-c3cc(-c4ccccc4)cc[n+]31)c1ccccc1-c1cc(CC(C)C)c([Si](C)(C)C)c[n+]12. The van der Waals surface area contributed by atoms with Crippen molar-refractivity contribution in [2.75, 3.05) is 0 Å². The molecule has 5 heteroatoms. The molecule has 0 spiro atoms. The molecule has 8 aromatic rings. The highest BCUT2D eigenvalue weighted by Crippen LogP contribution is 2.46. The third-order valence-corrected chi connectivity index (χ3v) is 15.3. The average Bonchev–Trinajstić information content (AvgIpc) is 3.60. The fraction of sp³-hybridized carbons (Fsp3) is 0.255. The quantitative estimate of drug-likeness (QED) is 0.128. The highest BCUT2D eigenvalue weighted by atomic mass is 28.3. The van der Waals surface area contributed by atoms with Gasteiger partial charge in [-0.25, -0.2) is 4.98 Å². The Morgan fingerprint density at radius 1 is 0.783 bits per heavy atom. The summed E-state index contributed by atoms with van der Waals surface area (Å²) in [6.45, 7) is 21.5. The second kappa shape index (κ2) is 14.7. The lowest BCUT2D eigenvalue weighted by Gasteiger charge is -2.33. The molecule has 0 N–H and O–H groups in total. The van der Waals surface area contributed by atoms with Crippen LogP contribution in [0.3, 0.4) is 0 Å². The number of aryl methyl sites for hydroxylation is 3. The molecule has 2 unspecified atom stereocenters. The standard InChI is InChI=1S/C55H55N3OSi/c1-34(2)29-41-32-49-43-20-13-12-19-42(43)44-23-21-39-22-24-45-46-25-26-47(52-35(3)15-14-16-36(52)4)56-55(46)59-54(45)53(39)50-31-40(38-17-10-9-11-18-38)27-28-57(50)37(5)30-48(44)58(49)33-51(41)60(6,7)8/h9-20,22,24-28,31-34,44,48H,5,21,23,29-30H2,1-4,6-8H3/q+2. The molecule has 10 rings (SSSR count). The number of pyridine rings is 3. The number of allylic oxidation sites excluding steroid dienone is 1. The van der Waals surface area contributed by atoms with E-state index in [2.05, 4.69) is 184 Å². The Bertz CT molecular complexity index is 2980. The Morgan fingerprint density at radius 2 is 1.53 bits per heavy atom. The van der Waals surface area contributed by atoms with E-state index in [4.69, 9.17) is 16.0 Å². The molecule has 0 radical (unpaired) electrons. The first-order valence-electron chi connectivity index (χ1n) is 21.8. The van der Waals surface area contributed by atoms with E-state index in [1.807, 2.05) is 0 Å². The maximum atomic E-state index is 7.04. The number of hydrogen-bond donors (Lipinski definition) is 0. The Morgan fingerprint density at radius 3 is 2.30 bits per heavy atom. The zero-order chi connectivity index (χ0) is 41.4. The summed E-state index contributed by atoms with van der Waals surface area (Å²) in [5, 5.41) is 3.70. The molecule has 2 aliphatic rings. The first kappa shape index (κ1) is 38.3. The van der Waals surface area contributed by atoms with Crippen LogP contribution in [0.4, 0.5) is 0 Å². The Labute approximate surface area is 355 Å². The van der Waals surface area contributed by atoms with Gasteiger partial charge in [0.15, 0.2) is 29.7 Å². The Kier molecular flexibility index (Phi) is 9.36. The van der Waals surface area contributed by atoms with Crippen LogP contribution in [0.25, 0.3) is 72.7 Å². The first-order chi connectivity index (χ1) is 28.9. The van der Waals surface area contributed by atoms with Gasteiger partial charge in [-0.15, -0.1) is 0 Å². The van der Waals surface area contributed by atoms with E-state index in [1.54, 1.807) is 5.19 Å². The summed E-state index contributed by atoms with van der Waals surface area (Å²) < 4.78 is 12.1. The van der Waals surface area contributed by atoms with Crippen LogP contribution in [0.15, 0.2) is 139 Å². The van der Waals surface area contributed by atoms with Gasteiger partial charge in [-0.2, -0.15) is 9.13 Å². The van der Waals surface area contributed by atoms with E-state index < -0.39 is 8.07 Å². The number of rotatable bonds is 5. The molecule has 0 saturated heterocycles. The summed E-state index contributed by atoms with van der Waals surface area (Å²) in [4.78, 5) is 5.22.